The van der Waals surface area contributed by atoms with Gasteiger partial charge in [-0.2, -0.15) is 5.26 Å². The fraction of sp³-hybridized carbons (Fsp3) is 0.0769. The van der Waals surface area contributed by atoms with Crippen molar-refractivity contribution in [3.63, 3.8) is 0 Å². The summed E-state index contributed by atoms with van der Waals surface area (Å²) >= 11 is 7.59. The maximum atomic E-state index is 8.85. The Morgan fingerprint density at radius 1 is 1.28 bits per heavy atom. The van der Waals surface area contributed by atoms with Gasteiger partial charge < -0.3 is 5.73 Å². The van der Waals surface area contributed by atoms with Crippen LogP contribution in [0.25, 0.3) is 0 Å². The summed E-state index contributed by atoms with van der Waals surface area (Å²) in [6.45, 7) is 0. The SMILES string of the molecule is N#Cc1nc(SCc2ccccc2Cl)ccc1N. The topological polar surface area (TPSA) is 62.7 Å². The van der Waals surface area contributed by atoms with Crippen molar-refractivity contribution in [3.05, 3.63) is 52.7 Å². The first kappa shape index (κ1) is 12.7. The summed E-state index contributed by atoms with van der Waals surface area (Å²) in [6.07, 6.45) is 0. The first-order chi connectivity index (χ1) is 8.70. The van der Waals surface area contributed by atoms with E-state index in [1.165, 1.54) is 11.8 Å². The average molecular weight is 276 g/mol. The number of rotatable bonds is 3. The molecular weight excluding hydrogens is 266 g/mol. The third-order valence-electron chi connectivity index (χ3n) is 2.34. The van der Waals surface area contributed by atoms with Crippen LogP contribution in [0, 0.1) is 11.3 Å². The molecule has 2 rings (SSSR count). The largest absolute Gasteiger partial charge is 0.396 e. The lowest BCUT2D eigenvalue weighted by molar-refractivity contribution is 1.10. The highest BCUT2D eigenvalue weighted by Crippen LogP contribution is 2.26. The molecule has 0 bridgehead atoms. The standard InChI is InChI=1S/C13H10ClN3S/c14-10-4-2-1-3-9(10)8-18-13-6-5-11(16)12(7-15)17-13/h1-6H,8,16H2. The third-order valence-corrected chi connectivity index (χ3v) is 3.69. The number of halogens is 1. The van der Waals surface area contributed by atoms with E-state index in [1.54, 1.807) is 12.1 Å². The van der Waals surface area contributed by atoms with Gasteiger partial charge >= 0.3 is 0 Å². The van der Waals surface area contributed by atoms with Crippen LogP contribution in [-0.4, -0.2) is 4.98 Å². The molecule has 0 amide bonds. The van der Waals surface area contributed by atoms with Crippen LogP contribution in [0.4, 0.5) is 5.69 Å². The number of aromatic nitrogens is 1. The fourth-order valence-electron chi connectivity index (χ4n) is 1.39. The summed E-state index contributed by atoms with van der Waals surface area (Å²) in [5, 5.41) is 10.4. The van der Waals surface area contributed by atoms with Gasteiger partial charge in [-0.15, -0.1) is 11.8 Å². The molecule has 0 aliphatic rings. The number of nitrogens with two attached hydrogens (primary N) is 1. The van der Waals surface area contributed by atoms with E-state index < -0.39 is 0 Å². The summed E-state index contributed by atoms with van der Waals surface area (Å²) < 4.78 is 0. The van der Waals surface area contributed by atoms with Crippen molar-refractivity contribution in [3.8, 4) is 6.07 Å². The Kier molecular flexibility index (Phi) is 4.08. The Labute approximate surface area is 115 Å². The van der Waals surface area contributed by atoms with Gasteiger partial charge in [0.05, 0.1) is 10.7 Å². The quantitative estimate of drug-likeness (QED) is 0.871. The van der Waals surface area contributed by atoms with Gasteiger partial charge in [0.1, 0.15) is 6.07 Å². The molecule has 1 aromatic carbocycles. The number of nitriles is 1. The second-order valence-corrected chi connectivity index (χ2v) is 4.98. The molecule has 0 unspecified atom stereocenters. The van der Waals surface area contributed by atoms with Crippen LogP contribution in [-0.2, 0) is 5.75 Å². The number of nitrogens with zero attached hydrogens (tertiary/aromatic N) is 2. The van der Waals surface area contributed by atoms with Crippen LogP contribution in [0.2, 0.25) is 5.02 Å². The van der Waals surface area contributed by atoms with Gasteiger partial charge in [0.25, 0.3) is 0 Å². The molecule has 0 fully saturated rings. The van der Waals surface area contributed by atoms with Crippen molar-refractivity contribution < 1.29 is 0 Å². The minimum Gasteiger partial charge on any atom is -0.396 e. The van der Waals surface area contributed by atoms with Crippen LogP contribution in [0.1, 0.15) is 11.3 Å². The number of pyridine rings is 1. The highest BCUT2D eigenvalue weighted by Gasteiger charge is 2.04. The van der Waals surface area contributed by atoms with Crippen LogP contribution in [0.3, 0.4) is 0 Å². The van der Waals surface area contributed by atoms with Gasteiger partial charge in [-0.25, -0.2) is 4.98 Å². The van der Waals surface area contributed by atoms with Gasteiger partial charge in [0.15, 0.2) is 5.69 Å². The van der Waals surface area contributed by atoms with Crippen LogP contribution in [0.15, 0.2) is 41.4 Å². The number of hydrogen-bond donors (Lipinski definition) is 1. The van der Waals surface area contributed by atoms with Gasteiger partial charge in [-0.3, -0.25) is 0 Å². The predicted molar refractivity (Wildman–Crippen MR) is 74.4 cm³/mol. The van der Waals surface area contributed by atoms with E-state index in [2.05, 4.69) is 4.98 Å². The number of thioether (sulfide) groups is 1. The summed E-state index contributed by atoms with van der Waals surface area (Å²) in [6, 6.07) is 13.1. The summed E-state index contributed by atoms with van der Waals surface area (Å²) in [4.78, 5) is 4.17. The second kappa shape index (κ2) is 5.76. The zero-order valence-corrected chi connectivity index (χ0v) is 11.0. The molecule has 0 radical (unpaired) electrons. The van der Waals surface area contributed by atoms with E-state index in [0.29, 0.717) is 11.4 Å². The molecule has 0 aliphatic heterocycles. The third kappa shape index (κ3) is 2.95. The van der Waals surface area contributed by atoms with Gasteiger partial charge in [0, 0.05) is 10.8 Å². The zero-order valence-electron chi connectivity index (χ0n) is 9.43. The fourth-order valence-corrected chi connectivity index (χ4v) is 2.55. The van der Waals surface area contributed by atoms with E-state index in [-0.39, 0.29) is 5.69 Å². The number of benzene rings is 1. The van der Waals surface area contributed by atoms with Crippen molar-refractivity contribution in [1.29, 1.82) is 5.26 Å². The highest BCUT2D eigenvalue weighted by atomic mass is 35.5. The minimum atomic E-state index is 0.263. The molecule has 1 heterocycles. The normalized spacial score (nSPS) is 10.0. The van der Waals surface area contributed by atoms with Crippen molar-refractivity contribution in [1.82, 2.24) is 4.98 Å². The average Bonchev–Trinajstić information content (AvgIpc) is 2.39. The lowest BCUT2D eigenvalue weighted by Gasteiger charge is -2.04. The first-order valence-electron chi connectivity index (χ1n) is 5.23. The van der Waals surface area contributed by atoms with Crippen LogP contribution >= 0.6 is 23.4 Å². The van der Waals surface area contributed by atoms with E-state index in [0.717, 1.165) is 15.6 Å². The lowest BCUT2D eigenvalue weighted by Crippen LogP contribution is -1.94. The Morgan fingerprint density at radius 2 is 2.06 bits per heavy atom. The molecule has 0 atom stereocenters. The van der Waals surface area contributed by atoms with Crippen LogP contribution in [0.5, 0.6) is 0 Å². The predicted octanol–water partition coefficient (Wildman–Crippen LogP) is 3.48. The van der Waals surface area contributed by atoms with Crippen molar-refractivity contribution >= 4 is 29.1 Å². The highest BCUT2D eigenvalue weighted by molar-refractivity contribution is 7.98. The van der Waals surface area contributed by atoms with Crippen molar-refractivity contribution in [2.45, 2.75) is 10.8 Å². The molecule has 0 saturated carbocycles. The van der Waals surface area contributed by atoms with E-state index >= 15 is 0 Å². The molecule has 2 N–H and O–H groups in total. The lowest BCUT2D eigenvalue weighted by atomic mass is 10.2. The molecule has 3 nitrogen and oxygen atoms in total. The summed E-state index contributed by atoms with van der Waals surface area (Å²) in [5.41, 5.74) is 7.32. The zero-order chi connectivity index (χ0) is 13.0. The molecule has 0 saturated heterocycles. The van der Waals surface area contributed by atoms with Crippen LogP contribution < -0.4 is 5.73 Å². The number of anilines is 1. The Balaban J connectivity index is 2.12. The van der Waals surface area contributed by atoms with E-state index in [4.69, 9.17) is 22.6 Å². The van der Waals surface area contributed by atoms with Crippen molar-refractivity contribution in [2.24, 2.45) is 0 Å². The maximum absolute atomic E-state index is 8.85. The Morgan fingerprint density at radius 3 is 2.78 bits per heavy atom. The van der Waals surface area contributed by atoms with E-state index in [1.807, 2.05) is 30.3 Å². The summed E-state index contributed by atoms with van der Waals surface area (Å²) in [7, 11) is 0. The monoisotopic (exact) mass is 275 g/mol. The summed E-state index contributed by atoms with van der Waals surface area (Å²) in [5.74, 6) is 0.710. The second-order valence-electron chi connectivity index (χ2n) is 3.58. The van der Waals surface area contributed by atoms with Gasteiger partial charge in [-0.1, -0.05) is 29.8 Å². The first-order valence-corrected chi connectivity index (χ1v) is 6.60. The Bertz CT molecular complexity index is 607. The van der Waals surface area contributed by atoms with Gasteiger partial charge in [0.2, 0.25) is 0 Å². The molecule has 2 aromatic rings. The van der Waals surface area contributed by atoms with Crippen molar-refractivity contribution in [2.75, 3.05) is 5.73 Å². The molecule has 1 aromatic heterocycles. The van der Waals surface area contributed by atoms with Gasteiger partial charge in [-0.05, 0) is 23.8 Å². The number of nitrogen functional groups attached to an aromatic ring is 1. The molecule has 5 heteroatoms. The molecular formula is C13H10ClN3S. The number of hydrogen-bond acceptors (Lipinski definition) is 4. The maximum Gasteiger partial charge on any atom is 0.164 e. The smallest absolute Gasteiger partial charge is 0.164 e. The molecule has 0 aliphatic carbocycles. The minimum absolute atomic E-state index is 0.263. The molecule has 90 valence electrons. The Hall–Kier alpha value is -1.70. The molecule has 0 spiro atoms. The van der Waals surface area contributed by atoms with E-state index in [9.17, 15) is 0 Å². The molecule has 18 heavy (non-hydrogen) atoms.